The van der Waals surface area contributed by atoms with Crippen molar-refractivity contribution in [1.82, 2.24) is 14.3 Å². The van der Waals surface area contributed by atoms with E-state index >= 15 is 0 Å². The van der Waals surface area contributed by atoms with Gasteiger partial charge in [0, 0.05) is 42.7 Å². The first-order valence-electron chi connectivity index (χ1n) is 13.9. The van der Waals surface area contributed by atoms with Gasteiger partial charge in [-0.05, 0) is 94.3 Å². The topological polar surface area (TPSA) is 98.5 Å². The van der Waals surface area contributed by atoms with Gasteiger partial charge in [-0.3, -0.25) is 14.3 Å². The number of aliphatic hydroxyl groups is 1. The normalized spacial score (nSPS) is 17.4. The van der Waals surface area contributed by atoms with Crippen LogP contribution in [0.15, 0.2) is 64.4 Å². The summed E-state index contributed by atoms with van der Waals surface area (Å²) in [5, 5.41) is 13.8. The maximum atomic E-state index is 14.0. The van der Waals surface area contributed by atoms with E-state index in [0.29, 0.717) is 57.9 Å². The number of nitrogens with zero attached hydrogens (tertiary/aromatic N) is 2. The van der Waals surface area contributed by atoms with Crippen LogP contribution in [0.1, 0.15) is 62.3 Å². The number of pyridine rings is 1. The Morgan fingerprint density at radius 3 is 2.22 bits per heavy atom. The molecule has 41 heavy (non-hydrogen) atoms. The van der Waals surface area contributed by atoms with Gasteiger partial charge in [-0.15, -0.1) is 0 Å². The number of halogens is 1. The van der Waals surface area contributed by atoms with Crippen molar-refractivity contribution >= 4 is 0 Å². The lowest BCUT2D eigenvalue weighted by molar-refractivity contribution is 0.0786. The summed E-state index contributed by atoms with van der Waals surface area (Å²) in [6, 6.07) is 11.3. The first kappa shape index (κ1) is 28.4. The van der Waals surface area contributed by atoms with Crippen LogP contribution in [0.4, 0.5) is 4.39 Å². The maximum absolute atomic E-state index is 14.0. The Morgan fingerprint density at radius 2 is 1.61 bits per heavy atom. The van der Waals surface area contributed by atoms with E-state index in [-0.39, 0.29) is 29.1 Å². The summed E-state index contributed by atoms with van der Waals surface area (Å²) in [5.74, 6) is 1.09. The molecular weight excluding hydrogens is 525 g/mol. The van der Waals surface area contributed by atoms with Crippen molar-refractivity contribution in [2.24, 2.45) is 7.05 Å². The van der Waals surface area contributed by atoms with E-state index < -0.39 is 5.60 Å². The maximum Gasteiger partial charge on any atom is 0.266 e. The zero-order valence-corrected chi connectivity index (χ0v) is 24.0. The molecule has 2 aromatic heterocycles. The highest BCUT2D eigenvalue weighted by Gasteiger charge is 2.27. The van der Waals surface area contributed by atoms with Gasteiger partial charge in [-0.25, -0.2) is 4.39 Å². The summed E-state index contributed by atoms with van der Waals surface area (Å²) < 4.78 is 30.0. The Bertz CT molecular complexity index is 1660. The van der Waals surface area contributed by atoms with Crippen LogP contribution in [-0.4, -0.2) is 25.6 Å². The zero-order chi connectivity index (χ0) is 29.5. The second kappa shape index (κ2) is 11.0. The van der Waals surface area contributed by atoms with Gasteiger partial charge in [0.1, 0.15) is 23.1 Å². The number of rotatable bonds is 7. The van der Waals surface area contributed by atoms with Crippen molar-refractivity contribution in [3.8, 4) is 28.4 Å². The molecule has 216 valence electrons. The van der Waals surface area contributed by atoms with Crippen LogP contribution in [0, 0.1) is 19.7 Å². The second-order valence-corrected chi connectivity index (χ2v) is 11.5. The summed E-state index contributed by atoms with van der Waals surface area (Å²) in [6.07, 6.45) is 6.16. The van der Waals surface area contributed by atoms with Crippen LogP contribution < -0.4 is 20.6 Å². The van der Waals surface area contributed by atoms with Gasteiger partial charge in [0.05, 0.1) is 17.7 Å². The third-order valence-electron chi connectivity index (χ3n) is 7.78. The first-order valence-corrected chi connectivity index (χ1v) is 13.9. The lowest BCUT2D eigenvalue weighted by atomic mass is 9.92. The van der Waals surface area contributed by atoms with Crippen LogP contribution in [0.5, 0.6) is 17.2 Å². The number of nitrogens with one attached hydrogen (secondary N) is 1. The molecule has 1 fully saturated rings. The molecule has 9 heteroatoms. The predicted octanol–water partition coefficient (Wildman–Crippen LogP) is 5.88. The quantitative estimate of drug-likeness (QED) is 0.294. The largest absolute Gasteiger partial charge is 0.490 e. The van der Waals surface area contributed by atoms with Crippen molar-refractivity contribution in [2.45, 2.75) is 71.1 Å². The summed E-state index contributed by atoms with van der Waals surface area (Å²) in [7, 11) is 1.67. The smallest absolute Gasteiger partial charge is 0.266 e. The highest BCUT2D eigenvalue weighted by atomic mass is 19.1. The number of ether oxygens (including phenoxy) is 2. The van der Waals surface area contributed by atoms with Crippen LogP contribution >= 0.6 is 0 Å². The number of hydrogen-bond acceptors (Lipinski definition) is 5. The van der Waals surface area contributed by atoms with Gasteiger partial charge < -0.3 is 24.2 Å². The van der Waals surface area contributed by atoms with E-state index in [4.69, 9.17) is 9.47 Å². The molecule has 4 aromatic rings. The predicted molar refractivity (Wildman–Crippen MR) is 155 cm³/mol. The molecule has 8 nitrogen and oxygen atoms in total. The van der Waals surface area contributed by atoms with Crippen LogP contribution in [0.25, 0.3) is 11.1 Å². The molecule has 1 aliphatic rings. The monoisotopic (exact) mass is 561 g/mol. The van der Waals surface area contributed by atoms with Gasteiger partial charge in [-0.2, -0.15) is 0 Å². The second-order valence-electron chi connectivity index (χ2n) is 11.5. The molecule has 2 N–H and O–H groups in total. The number of aromatic nitrogens is 3. The van der Waals surface area contributed by atoms with Gasteiger partial charge >= 0.3 is 0 Å². The number of aryl methyl sites for hydroxylation is 3. The Labute approximate surface area is 238 Å². The highest BCUT2D eigenvalue weighted by molar-refractivity contribution is 5.76. The van der Waals surface area contributed by atoms with E-state index in [0.717, 1.165) is 12.8 Å². The van der Waals surface area contributed by atoms with Crippen molar-refractivity contribution in [3.05, 3.63) is 98.1 Å². The Hall–Kier alpha value is -4.11. The Kier molecular flexibility index (Phi) is 7.66. The molecule has 0 amide bonds. The molecule has 0 unspecified atom stereocenters. The molecule has 0 atom stereocenters. The molecule has 2 aromatic carbocycles. The highest BCUT2D eigenvalue weighted by Crippen LogP contribution is 2.42. The van der Waals surface area contributed by atoms with Gasteiger partial charge in [0.25, 0.3) is 11.1 Å². The van der Waals surface area contributed by atoms with Crippen LogP contribution in [0.3, 0.4) is 0 Å². The lowest BCUT2D eigenvalue weighted by Crippen LogP contribution is -2.30. The van der Waals surface area contributed by atoms with E-state index in [1.54, 1.807) is 64.0 Å². The number of aromatic amines is 1. The summed E-state index contributed by atoms with van der Waals surface area (Å²) in [4.78, 5) is 24.9. The minimum Gasteiger partial charge on any atom is -0.490 e. The average molecular weight is 562 g/mol. The van der Waals surface area contributed by atoms with E-state index in [9.17, 15) is 19.1 Å². The van der Waals surface area contributed by atoms with Gasteiger partial charge in [-0.1, -0.05) is 6.07 Å². The third kappa shape index (κ3) is 6.00. The van der Waals surface area contributed by atoms with E-state index in [2.05, 4.69) is 5.10 Å². The van der Waals surface area contributed by atoms with Crippen molar-refractivity contribution in [3.63, 3.8) is 0 Å². The van der Waals surface area contributed by atoms with Crippen LogP contribution in [0.2, 0.25) is 0 Å². The average Bonchev–Trinajstić information content (AvgIpc) is 3.34. The summed E-state index contributed by atoms with van der Waals surface area (Å²) >= 11 is 0. The molecule has 1 aliphatic carbocycles. The van der Waals surface area contributed by atoms with E-state index in [1.165, 1.54) is 28.8 Å². The SMILES string of the molecule is Cc1cc(F)cc(C)c1Oc1ccc(C(C)(C)O)cc1-c1cn(C)c(=O)cc1OC1CCC(n2[nH]ccc2=O)CC1. The molecule has 0 bridgehead atoms. The third-order valence-corrected chi connectivity index (χ3v) is 7.78. The standard InChI is InChI=1S/C32H36FN3O5/c1-19-14-22(33)15-20(2)31(19)41-27-11-6-21(32(3,4)39)16-25(27)26-18-35(5)30(38)17-28(26)40-24-9-7-23(8-10-24)36-29(37)12-13-34-36/h6,11-18,23-24,34,39H,7-10H2,1-5H3. The zero-order valence-electron chi connectivity index (χ0n) is 24.0. The minimum atomic E-state index is -1.13. The van der Waals surface area contributed by atoms with Crippen molar-refractivity contribution in [2.75, 3.05) is 0 Å². The number of H-pyrrole nitrogens is 1. The summed E-state index contributed by atoms with van der Waals surface area (Å²) in [5.41, 5.74) is 1.81. The minimum absolute atomic E-state index is 0.0472. The fraction of sp³-hybridized carbons (Fsp3) is 0.375. The molecule has 0 spiro atoms. The van der Waals surface area contributed by atoms with E-state index in [1.807, 2.05) is 6.07 Å². The van der Waals surface area contributed by atoms with Gasteiger partial charge in [0.2, 0.25) is 0 Å². The molecular formula is C32H36FN3O5. The Morgan fingerprint density at radius 1 is 0.927 bits per heavy atom. The van der Waals surface area contributed by atoms with Crippen molar-refractivity contribution in [1.29, 1.82) is 0 Å². The fourth-order valence-corrected chi connectivity index (χ4v) is 5.51. The number of hydrogen-bond donors (Lipinski definition) is 2. The van der Waals surface area contributed by atoms with Crippen LogP contribution in [-0.2, 0) is 12.6 Å². The number of benzene rings is 2. The van der Waals surface area contributed by atoms with Gasteiger partial charge in [0.15, 0.2) is 0 Å². The molecule has 0 saturated heterocycles. The Balaban J connectivity index is 1.53. The molecule has 5 rings (SSSR count). The van der Waals surface area contributed by atoms with Crippen molar-refractivity contribution < 1.29 is 19.0 Å². The molecule has 1 saturated carbocycles. The lowest BCUT2D eigenvalue weighted by Gasteiger charge is -2.30. The molecule has 2 heterocycles. The fourth-order valence-electron chi connectivity index (χ4n) is 5.51. The summed E-state index contributed by atoms with van der Waals surface area (Å²) in [6.45, 7) is 6.98. The first-order chi connectivity index (χ1) is 19.4. The molecule has 0 radical (unpaired) electrons. The molecule has 0 aliphatic heterocycles.